The zero-order valence-corrected chi connectivity index (χ0v) is 8.43. The Morgan fingerprint density at radius 2 is 2.31 bits per heavy atom. The van der Waals surface area contributed by atoms with Gasteiger partial charge < -0.3 is 10.2 Å². The fourth-order valence-electron chi connectivity index (χ4n) is 1.33. The molecular formula is C9H9BrN2O. The zero-order valence-electron chi connectivity index (χ0n) is 6.84. The summed E-state index contributed by atoms with van der Waals surface area (Å²) in [4.78, 5) is 3.13. The summed E-state index contributed by atoms with van der Waals surface area (Å²) in [6.45, 7) is 0.466. The Balaban J connectivity index is 2.53. The van der Waals surface area contributed by atoms with Crippen LogP contribution in [0.1, 0.15) is 5.56 Å². The number of hydrogen-bond donors (Lipinski definition) is 3. The highest BCUT2D eigenvalue weighted by Crippen LogP contribution is 2.24. The summed E-state index contributed by atoms with van der Waals surface area (Å²) in [6, 6.07) is 5.99. The first kappa shape index (κ1) is 8.74. The first-order chi connectivity index (χ1) is 6.31. The number of benzene rings is 1. The van der Waals surface area contributed by atoms with E-state index in [-0.39, 0.29) is 0 Å². The van der Waals surface area contributed by atoms with Gasteiger partial charge >= 0.3 is 0 Å². The van der Waals surface area contributed by atoms with Crippen LogP contribution in [0, 0.1) is 0 Å². The van der Waals surface area contributed by atoms with Gasteiger partial charge in [-0.2, -0.15) is 0 Å². The normalized spacial score (nSPS) is 10.9. The molecule has 0 bridgehead atoms. The van der Waals surface area contributed by atoms with E-state index in [0.717, 1.165) is 20.9 Å². The monoisotopic (exact) mass is 240 g/mol. The van der Waals surface area contributed by atoms with E-state index in [2.05, 4.69) is 26.4 Å². The molecular weight excluding hydrogens is 232 g/mol. The fourth-order valence-corrected chi connectivity index (χ4v) is 1.78. The molecule has 0 radical (unpaired) electrons. The van der Waals surface area contributed by atoms with Crippen LogP contribution in [0.3, 0.4) is 0 Å². The molecule has 0 saturated heterocycles. The Bertz CT molecular complexity index is 424. The molecule has 0 aliphatic heterocycles. The highest BCUT2D eigenvalue weighted by molar-refractivity contribution is 9.10. The molecule has 3 nitrogen and oxygen atoms in total. The van der Waals surface area contributed by atoms with E-state index < -0.39 is 0 Å². The van der Waals surface area contributed by atoms with Gasteiger partial charge in [-0.15, -0.1) is 0 Å². The number of halogens is 1. The molecule has 0 spiro atoms. The SMILES string of the molecule is ONCc1ccc2[nH]cc(Br)c2c1. The predicted octanol–water partition coefficient (Wildman–Crippen LogP) is 2.41. The van der Waals surface area contributed by atoms with Crippen molar-refractivity contribution < 1.29 is 5.21 Å². The van der Waals surface area contributed by atoms with Crippen molar-refractivity contribution in [2.45, 2.75) is 6.54 Å². The standard InChI is InChI=1S/C9H9BrN2O/c10-8-5-11-9-2-1-6(4-12-13)3-7(8)9/h1-3,5,11-13H,4H2. The third kappa shape index (κ3) is 1.60. The van der Waals surface area contributed by atoms with Crippen molar-refractivity contribution in [2.75, 3.05) is 0 Å². The van der Waals surface area contributed by atoms with E-state index in [1.165, 1.54) is 0 Å². The van der Waals surface area contributed by atoms with E-state index in [1.54, 1.807) is 0 Å². The molecule has 1 heterocycles. The highest BCUT2D eigenvalue weighted by atomic mass is 79.9. The second-order valence-electron chi connectivity index (χ2n) is 2.85. The van der Waals surface area contributed by atoms with Gasteiger partial charge in [0.1, 0.15) is 0 Å². The average molecular weight is 241 g/mol. The number of rotatable bonds is 2. The van der Waals surface area contributed by atoms with Crippen LogP contribution >= 0.6 is 15.9 Å². The van der Waals surface area contributed by atoms with Crippen molar-refractivity contribution in [3.05, 3.63) is 34.4 Å². The maximum Gasteiger partial charge on any atom is 0.0465 e. The molecule has 13 heavy (non-hydrogen) atoms. The Morgan fingerprint density at radius 3 is 3.08 bits per heavy atom. The van der Waals surface area contributed by atoms with Crippen molar-refractivity contribution in [2.24, 2.45) is 0 Å². The lowest BCUT2D eigenvalue weighted by Gasteiger charge is -1.99. The lowest BCUT2D eigenvalue weighted by atomic mass is 10.1. The van der Waals surface area contributed by atoms with Gasteiger partial charge in [0, 0.05) is 28.1 Å². The largest absolute Gasteiger partial charge is 0.360 e. The molecule has 0 fully saturated rings. The average Bonchev–Trinajstić information content (AvgIpc) is 2.49. The minimum absolute atomic E-state index is 0.466. The first-order valence-electron chi connectivity index (χ1n) is 3.94. The highest BCUT2D eigenvalue weighted by Gasteiger charge is 2.01. The van der Waals surface area contributed by atoms with Gasteiger partial charge in [0.25, 0.3) is 0 Å². The van der Waals surface area contributed by atoms with Crippen molar-refractivity contribution in [1.82, 2.24) is 10.5 Å². The summed E-state index contributed by atoms with van der Waals surface area (Å²) in [7, 11) is 0. The van der Waals surface area contributed by atoms with Crippen molar-refractivity contribution in [3.63, 3.8) is 0 Å². The van der Waals surface area contributed by atoms with E-state index in [0.29, 0.717) is 6.54 Å². The summed E-state index contributed by atoms with van der Waals surface area (Å²) in [6.07, 6.45) is 1.90. The van der Waals surface area contributed by atoms with Gasteiger partial charge in [-0.3, -0.25) is 0 Å². The molecule has 68 valence electrons. The first-order valence-corrected chi connectivity index (χ1v) is 4.73. The predicted molar refractivity (Wildman–Crippen MR) is 54.6 cm³/mol. The van der Waals surface area contributed by atoms with Gasteiger partial charge in [-0.1, -0.05) is 6.07 Å². The number of nitrogens with one attached hydrogen (secondary N) is 2. The minimum atomic E-state index is 0.466. The van der Waals surface area contributed by atoms with Gasteiger partial charge in [-0.25, -0.2) is 5.48 Å². The van der Waals surface area contributed by atoms with E-state index in [9.17, 15) is 0 Å². The van der Waals surface area contributed by atoms with Crippen molar-refractivity contribution in [1.29, 1.82) is 0 Å². The third-order valence-electron chi connectivity index (χ3n) is 1.98. The van der Waals surface area contributed by atoms with Crippen LogP contribution in [0.2, 0.25) is 0 Å². The Kier molecular flexibility index (Phi) is 2.35. The Hall–Kier alpha value is -0.840. The second kappa shape index (κ2) is 3.49. The number of aromatic amines is 1. The molecule has 2 aromatic rings. The smallest absolute Gasteiger partial charge is 0.0465 e. The summed E-state index contributed by atoms with van der Waals surface area (Å²) in [5.41, 5.74) is 4.28. The Morgan fingerprint density at radius 1 is 1.46 bits per heavy atom. The molecule has 3 N–H and O–H groups in total. The summed E-state index contributed by atoms with van der Waals surface area (Å²) >= 11 is 3.44. The topological polar surface area (TPSA) is 48.0 Å². The Labute approximate surface area is 83.9 Å². The van der Waals surface area contributed by atoms with Crippen LogP contribution in [0.15, 0.2) is 28.9 Å². The second-order valence-corrected chi connectivity index (χ2v) is 3.71. The van der Waals surface area contributed by atoms with Crippen LogP contribution in [-0.4, -0.2) is 10.2 Å². The minimum Gasteiger partial charge on any atom is -0.360 e. The summed E-state index contributed by atoms with van der Waals surface area (Å²) < 4.78 is 1.04. The fraction of sp³-hybridized carbons (Fsp3) is 0.111. The zero-order chi connectivity index (χ0) is 9.26. The van der Waals surface area contributed by atoms with E-state index in [4.69, 9.17) is 5.21 Å². The van der Waals surface area contributed by atoms with Crippen LogP contribution in [-0.2, 0) is 6.54 Å². The number of aromatic nitrogens is 1. The van der Waals surface area contributed by atoms with Crippen LogP contribution < -0.4 is 5.48 Å². The molecule has 0 saturated carbocycles. The molecule has 0 amide bonds. The summed E-state index contributed by atoms with van der Waals surface area (Å²) in [5.74, 6) is 0. The van der Waals surface area contributed by atoms with Gasteiger partial charge in [0.2, 0.25) is 0 Å². The molecule has 0 aliphatic rings. The molecule has 0 aliphatic carbocycles. The third-order valence-corrected chi connectivity index (χ3v) is 2.63. The van der Waals surface area contributed by atoms with Gasteiger partial charge in [0.05, 0.1) is 0 Å². The lowest BCUT2D eigenvalue weighted by Crippen LogP contribution is -2.05. The molecule has 1 aromatic carbocycles. The van der Waals surface area contributed by atoms with Crippen molar-refractivity contribution in [3.8, 4) is 0 Å². The van der Waals surface area contributed by atoms with Gasteiger partial charge in [-0.05, 0) is 33.6 Å². The van der Waals surface area contributed by atoms with E-state index in [1.807, 2.05) is 24.4 Å². The number of H-pyrrole nitrogens is 1. The van der Waals surface area contributed by atoms with Crippen LogP contribution in [0.25, 0.3) is 10.9 Å². The number of fused-ring (bicyclic) bond motifs is 1. The molecule has 1 aromatic heterocycles. The maximum atomic E-state index is 8.54. The molecule has 2 rings (SSSR count). The molecule has 4 heteroatoms. The van der Waals surface area contributed by atoms with Gasteiger partial charge in [0.15, 0.2) is 0 Å². The van der Waals surface area contributed by atoms with Crippen LogP contribution in [0.4, 0.5) is 0 Å². The van der Waals surface area contributed by atoms with E-state index >= 15 is 0 Å². The molecule has 0 unspecified atom stereocenters. The maximum absolute atomic E-state index is 8.54. The lowest BCUT2D eigenvalue weighted by molar-refractivity contribution is 0.161. The molecule has 0 atom stereocenters. The van der Waals surface area contributed by atoms with Crippen molar-refractivity contribution >= 4 is 26.8 Å². The number of hydrogen-bond acceptors (Lipinski definition) is 2. The number of hydroxylamine groups is 1. The quantitative estimate of drug-likeness (QED) is 0.707. The summed E-state index contributed by atoms with van der Waals surface area (Å²) in [5, 5.41) is 9.67. The van der Waals surface area contributed by atoms with Crippen LogP contribution in [0.5, 0.6) is 0 Å².